The molecular formula is C11H13Cl3N2. The lowest BCUT2D eigenvalue weighted by atomic mass is 10.0. The normalized spacial score (nSPS) is 17.2. The van der Waals surface area contributed by atoms with Crippen molar-refractivity contribution in [2.24, 2.45) is 5.41 Å². The van der Waals surface area contributed by atoms with Gasteiger partial charge in [0, 0.05) is 6.54 Å². The van der Waals surface area contributed by atoms with Gasteiger partial charge < -0.3 is 5.32 Å². The lowest BCUT2D eigenvalue weighted by Crippen LogP contribution is -2.15. The molecule has 1 saturated carbocycles. The fourth-order valence-electron chi connectivity index (χ4n) is 1.67. The first-order chi connectivity index (χ1) is 7.56. The summed E-state index contributed by atoms with van der Waals surface area (Å²) in [4.78, 5) is 4.13. The lowest BCUT2D eigenvalue weighted by molar-refractivity contribution is 0.521. The van der Waals surface area contributed by atoms with Gasteiger partial charge in [-0.15, -0.1) is 0 Å². The zero-order chi connectivity index (χ0) is 11.8. The van der Waals surface area contributed by atoms with Crippen molar-refractivity contribution in [3.63, 3.8) is 0 Å². The zero-order valence-electron chi connectivity index (χ0n) is 8.99. The summed E-state index contributed by atoms with van der Waals surface area (Å²) in [6, 6.07) is 1.62. The number of aromatic nitrogens is 1. The molecular weight excluding hydrogens is 266 g/mol. The average Bonchev–Trinajstić information content (AvgIpc) is 3.02. The van der Waals surface area contributed by atoms with Gasteiger partial charge in [-0.1, -0.05) is 41.7 Å². The van der Waals surface area contributed by atoms with E-state index in [9.17, 15) is 0 Å². The predicted molar refractivity (Wildman–Crippen MR) is 69.7 cm³/mol. The van der Waals surface area contributed by atoms with E-state index in [4.69, 9.17) is 34.8 Å². The molecule has 1 N–H and O–H groups in total. The maximum absolute atomic E-state index is 6.03. The van der Waals surface area contributed by atoms with Gasteiger partial charge in [-0.05, 0) is 30.7 Å². The molecule has 1 aliphatic rings. The molecule has 0 saturated heterocycles. The van der Waals surface area contributed by atoms with Gasteiger partial charge in [0.1, 0.15) is 11.0 Å². The molecule has 2 nitrogen and oxygen atoms in total. The number of hydrogen-bond donors (Lipinski definition) is 1. The third-order valence-corrected chi connectivity index (χ3v) is 4.19. The predicted octanol–water partition coefficient (Wildman–Crippen LogP) is 4.64. The van der Waals surface area contributed by atoms with Crippen molar-refractivity contribution >= 4 is 40.6 Å². The minimum absolute atomic E-state index is 0.287. The highest BCUT2D eigenvalue weighted by Gasteiger charge is 2.40. The molecule has 1 fully saturated rings. The van der Waals surface area contributed by atoms with Gasteiger partial charge >= 0.3 is 0 Å². The molecule has 0 bridgehead atoms. The molecule has 0 aliphatic heterocycles. The Morgan fingerprint density at radius 2 is 2.00 bits per heavy atom. The molecule has 1 heterocycles. The minimum Gasteiger partial charge on any atom is -0.368 e. The third kappa shape index (κ3) is 2.55. The van der Waals surface area contributed by atoms with Gasteiger partial charge in [-0.2, -0.15) is 0 Å². The quantitative estimate of drug-likeness (QED) is 0.812. The van der Waals surface area contributed by atoms with Crippen molar-refractivity contribution < 1.29 is 0 Å². The van der Waals surface area contributed by atoms with Gasteiger partial charge in [-0.3, -0.25) is 0 Å². The van der Waals surface area contributed by atoms with Crippen LogP contribution in [0.2, 0.25) is 15.2 Å². The number of halogens is 3. The number of rotatable bonds is 4. The van der Waals surface area contributed by atoms with Crippen LogP contribution in [0.3, 0.4) is 0 Å². The Hall–Kier alpha value is -0.180. The first kappa shape index (κ1) is 12.3. The molecule has 1 aliphatic carbocycles. The van der Waals surface area contributed by atoms with Gasteiger partial charge in [0.15, 0.2) is 0 Å². The molecule has 88 valence electrons. The standard InChI is InChI=1S/C11H13Cl3N2/c1-2-11(3-4-11)6-15-10-8(13)5-7(12)9(14)16-10/h5H,2-4,6H2,1H3,(H,15,16). The van der Waals surface area contributed by atoms with Gasteiger partial charge in [0.25, 0.3) is 0 Å². The molecule has 0 amide bonds. The highest BCUT2D eigenvalue weighted by atomic mass is 35.5. The van der Waals surface area contributed by atoms with Crippen LogP contribution in [-0.2, 0) is 0 Å². The minimum atomic E-state index is 0.287. The Bertz CT molecular complexity index is 402. The molecule has 16 heavy (non-hydrogen) atoms. The van der Waals surface area contributed by atoms with Crippen LogP contribution in [0.5, 0.6) is 0 Å². The molecule has 1 aromatic rings. The molecule has 1 aromatic heterocycles. The summed E-state index contributed by atoms with van der Waals surface area (Å²) in [5.74, 6) is 0.621. The molecule has 0 unspecified atom stereocenters. The highest BCUT2D eigenvalue weighted by molar-refractivity contribution is 6.42. The Labute approximate surface area is 110 Å². The van der Waals surface area contributed by atoms with E-state index in [1.54, 1.807) is 6.07 Å². The van der Waals surface area contributed by atoms with Crippen LogP contribution >= 0.6 is 34.8 Å². The van der Waals surface area contributed by atoms with E-state index in [2.05, 4.69) is 17.2 Å². The van der Waals surface area contributed by atoms with E-state index in [1.807, 2.05) is 0 Å². The van der Waals surface area contributed by atoms with E-state index in [0.29, 0.717) is 21.3 Å². The Morgan fingerprint density at radius 3 is 2.56 bits per heavy atom. The Morgan fingerprint density at radius 1 is 1.31 bits per heavy atom. The largest absolute Gasteiger partial charge is 0.368 e. The Balaban J connectivity index is 2.07. The van der Waals surface area contributed by atoms with Crippen LogP contribution in [0.1, 0.15) is 26.2 Å². The summed E-state index contributed by atoms with van der Waals surface area (Å²) in [6.45, 7) is 3.10. The van der Waals surface area contributed by atoms with Crippen LogP contribution in [0, 0.1) is 5.41 Å². The van der Waals surface area contributed by atoms with E-state index in [-0.39, 0.29) is 5.15 Å². The summed E-state index contributed by atoms with van der Waals surface area (Å²) in [5, 5.41) is 4.43. The Kier molecular flexibility index (Phi) is 3.53. The van der Waals surface area contributed by atoms with Crippen LogP contribution in [0.15, 0.2) is 6.07 Å². The zero-order valence-corrected chi connectivity index (χ0v) is 11.3. The second-order valence-corrected chi connectivity index (χ2v) is 5.47. The van der Waals surface area contributed by atoms with E-state index >= 15 is 0 Å². The monoisotopic (exact) mass is 278 g/mol. The summed E-state index contributed by atoms with van der Waals surface area (Å²) in [7, 11) is 0. The van der Waals surface area contributed by atoms with Gasteiger partial charge in [0.05, 0.1) is 10.0 Å². The first-order valence-electron chi connectivity index (χ1n) is 5.32. The van der Waals surface area contributed by atoms with E-state index < -0.39 is 0 Å². The molecule has 0 radical (unpaired) electrons. The maximum Gasteiger partial charge on any atom is 0.150 e. The number of anilines is 1. The molecule has 0 spiro atoms. The maximum atomic E-state index is 6.03. The summed E-state index contributed by atoms with van der Waals surface area (Å²) >= 11 is 17.7. The van der Waals surface area contributed by atoms with Crippen molar-refractivity contribution in [3.05, 3.63) is 21.3 Å². The number of nitrogens with one attached hydrogen (secondary N) is 1. The molecule has 5 heteroatoms. The van der Waals surface area contributed by atoms with Crippen molar-refractivity contribution in [2.75, 3.05) is 11.9 Å². The third-order valence-electron chi connectivity index (χ3n) is 3.22. The summed E-state index contributed by atoms with van der Waals surface area (Å²) in [5.41, 5.74) is 0.442. The topological polar surface area (TPSA) is 24.9 Å². The molecule has 2 rings (SSSR count). The van der Waals surface area contributed by atoms with Gasteiger partial charge in [0.2, 0.25) is 0 Å². The number of nitrogens with zero attached hydrogens (tertiary/aromatic N) is 1. The van der Waals surface area contributed by atoms with Crippen LogP contribution in [0.4, 0.5) is 5.82 Å². The van der Waals surface area contributed by atoms with Crippen LogP contribution in [-0.4, -0.2) is 11.5 Å². The van der Waals surface area contributed by atoms with Crippen molar-refractivity contribution in [1.29, 1.82) is 0 Å². The number of hydrogen-bond acceptors (Lipinski definition) is 2. The summed E-state index contributed by atoms with van der Waals surface area (Å²) < 4.78 is 0. The SMILES string of the molecule is CCC1(CNc2nc(Cl)c(Cl)cc2Cl)CC1. The number of pyridine rings is 1. The second kappa shape index (κ2) is 4.59. The average molecular weight is 280 g/mol. The van der Waals surface area contributed by atoms with Gasteiger partial charge in [-0.25, -0.2) is 4.98 Å². The van der Waals surface area contributed by atoms with Crippen LogP contribution < -0.4 is 5.32 Å². The van der Waals surface area contributed by atoms with E-state index in [1.165, 1.54) is 19.3 Å². The van der Waals surface area contributed by atoms with Crippen molar-refractivity contribution in [1.82, 2.24) is 4.98 Å². The second-order valence-electron chi connectivity index (χ2n) is 4.30. The lowest BCUT2D eigenvalue weighted by Gasteiger charge is -2.15. The fourth-order valence-corrected chi connectivity index (χ4v) is 2.24. The first-order valence-corrected chi connectivity index (χ1v) is 6.45. The van der Waals surface area contributed by atoms with Crippen molar-refractivity contribution in [2.45, 2.75) is 26.2 Å². The smallest absolute Gasteiger partial charge is 0.150 e. The highest BCUT2D eigenvalue weighted by Crippen LogP contribution is 2.48. The summed E-state index contributed by atoms with van der Waals surface area (Å²) in [6.07, 6.45) is 3.73. The fraction of sp³-hybridized carbons (Fsp3) is 0.545. The van der Waals surface area contributed by atoms with Crippen molar-refractivity contribution in [3.8, 4) is 0 Å². The van der Waals surface area contributed by atoms with E-state index in [0.717, 1.165) is 6.54 Å². The molecule has 0 atom stereocenters. The van der Waals surface area contributed by atoms with Crippen LogP contribution in [0.25, 0.3) is 0 Å². The molecule has 0 aromatic carbocycles.